The van der Waals surface area contributed by atoms with E-state index in [1.54, 1.807) is 4.90 Å². The van der Waals surface area contributed by atoms with Gasteiger partial charge in [-0.2, -0.15) is 0 Å². The highest BCUT2D eigenvalue weighted by molar-refractivity contribution is 5.85. The van der Waals surface area contributed by atoms with Crippen LogP contribution in [-0.4, -0.2) is 49.1 Å². The van der Waals surface area contributed by atoms with Crippen LogP contribution in [-0.2, 0) is 14.3 Å². The van der Waals surface area contributed by atoms with E-state index in [0.29, 0.717) is 6.54 Å². The van der Waals surface area contributed by atoms with Crippen LogP contribution in [0.4, 0.5) is 0 Å². The number of rotatable bonds is 5. The van der Waals surface area contributed by atoms with Gasteiger partial charge < -0.3 is 21.1 Å². The van der Waals surface area contributed by atoms with Crippen LogP contribution >= 0.6 is 12.4 Å². The Bertz CT molecular complexity index is 289. The summed E-state index contributed by atoms with van der Waals surface area (Å²) < 4.78 is 4.87. The predicted molar refractivity (Wildman–Crippen MR) is 70.3 cm³/mol. The topological polar surface area (TPSA) is 98.7 Å². The number of hydrogen-bond acceptors (Lipinski definition) is 4. The van der Waals surface area contributed by atoms with Crippen LogP contribution in [0.1, 0.15) is 25.7 Å². The molecular weight excluding hydrogens is 258 g/mol. The zero-order valence-corrected chi connectivity index (χ0v) is 11.4. The molecule has 2 unspecified atom stereocenters. The van der Waals surface area contributed by atoms with Crippen LogP contribution in [0, 0.1) is 0 Å². The van der Waals surface area contributed by atoms with E-state index < -0.39 is 6.04 Å². The highest BCUT2D eigenvalue weighted by Crippen LogP contribution is 2.20. The Hall–Kier alpha value is -0.850. The number of hydrogen-bond donors (Lipinski definition) is 2. The number of carbonyl (C=O) groups excluding carboxylic acids is 2. The van der Waals surface area contributed by atoms with Crippen molar-refractivity contribution in [2.45, 2.75) is 37.8 Å². The second-order valence-corrected chi connectivity index (χ2v) is 4.41. The minimum Gasteiger partial charge on any atom is -0.383 e. The van der Waals surface area contributed by atoms with Gasteiger partial charge in [0.05, 0.1) is 6.61 Å². The first-order valence-corrected chi connectivity index (χ1v) is 5.89. The van der Waals surface area contributed by atoms with Crippen molar-refractivity contribution in [1.29, 1.82) is 0 Å². The molecule has 6 nitrogen and oxygen atoms in total. The van der Waals surface area contributed by atoms with E-state index >= 15 is 0 Å². The summed E-state index contributed by atoms with van der Waals surface area (Å²) in [6.45, 7) is 0.840. The van der Waals surface area contributed by atoms with Gasteiger partial charge in [-0.05, 0) is 19.3 Å². The number of piperidine rings is 1. The second-order valence-electron chi connectivity index (χ2n) is 4.41. The van der Waals surface area contributed by atoms with Gasteiger partial charge in [0.2, 0.25) is 11.8 Å². The minimum atomic E-state index is -0.659. The average molecular weight is 280 g/mol. The smallest absolute Gasteiger partial charge is 0.242 e. The van der Waals surface area contributed by atoms with E-state index in [-0.39, 0.29) is 43.3 Å². The van der Waals surface area contributed by atoms with Gasteiger partial charge in [0.15, 0.2) is 0 Å². The Kier molecular flexibility index (Phi) is 7.90. The Labute approximate surface area is 113 Å². The number of nitrogens with zero attached hydrogens (tertiary/aromatic N) is 1. The number of halogens is 1. The highest BCUT2D eigenvalue weighted by atomic mass is 35.5. The van der Waals surface area contributed by atoms with Crippen molar-refractivity contribution < 1.29 is 14.3 Å². The molecule has 1 saturated heterocycles. The van der Waals surface area contributed by atoms with Gasteiger partial charge in [0, 0.05) is 26.1 Å². The lowest BCUT2D eigenvalue weighted by atomic mass is 9.98. The van der Waals surface area contributed by atoms with Gasteiger partial charge in [0.25, 0.3) is 0 Å². The first-order chi connectivity index (χ1) is 8.06. The number of amides is 2. The molecule has 1 aliphatic rings. The van der Waals surface area contributed by atoms with Gasteiger partial charge in [-0.15, -0.1) is 12.4 Å². The molecule has 0 spiro atoms. The predicted octanol–water partition coefficient (Wildman–Crippen LogP) is -0.362. The quantitative estimate of drug-likeness (QED) is 0.718. The lowest BCUT2D eigenvalue weighted by Gasteiger charge is -2.36. The monoisotopic (exact) mass is 279 g/mol. The van der Waals surface area contributed by atoms with Crippen LogP contribution in [0.2, 0.25) is 0 Å². The first-order valence-electron chi connectivity index (χ1n) is 5.89. The molecule has 1 heterocycles. The molecule has 0 aromatic carbocycles. The van der Waals surface area contributed by atoms with Crippen LogP contribution < -0.4 is 11.5 Å². The van der Waals surface area contributed by atoms with Gasteiger partial charge >= 0.3 is 0 Å². The molecule has 1 fully saturated rings. The Balaban J connectivity index is 0.00000289. The largest absolute Gasteiger partial charge is 0.383 e. The summed E-state index contributed by atoms with van der Waals surface area (Å²) in [6.07, 6.45) is 2.99. The maximum absolute atomic E-state index is 12.0. The zero-order valence-electron chi connectivity index (χ0n) is 10.6. The number of methoxy groups -OCH3 is 1. The van der Waals surface area contributed by atoms with Crippen molar-refractivity contribution in [2.75, 3.05) is 20.3 Å². The molecule has 0 aromatic heterocycles. The summed E-state index contributed by atoms with van der Waals surface area (Å²) >= 11 is 0. The summed E-state index contributed by atoms with van der Waals surface area (Å²) in [6, 6.07) is -0.759. The number of primary amides is 1. The van der Waals surface area contributed by atoms with Crippen molar-refractivity contribution in [3.63, 3.8) is 0 Å². The fourth-order valence-electron chi connectivity index (χ4n) is 2.20. The molecule has 106 valence electrons. The molecule has 1 aliphatic heterocycles. The van der Waals surface area contributed by atoms with E-state index in [9.17, 15) is 9.59 Å². The molecule has 0 bridgehead atoms. The maximum atomic E-state index is 12.0. The lowest BCUT2D eigenvalue weighted by molar-refractivity contribution is -0.138. The molecule has 7 heteroatoms. The van der Waals surface area contributed by atoms with E-state index in [0.717, 1.165) is 19.3 Å². The van der Waals surface area contributed by atoms with Gasteiger partial charge in [-0.25, -0.2) is 0 Å². The molecule has 0 aliphatic carbocycles. The number of likely N-dealkylation sites (tertiary alicyclic amines) is 1. The van der Waals surface area contributed by atoms with E-state index in [1.807, 2.05) is 0 Å². The summed E-state index contributed by atoms with van der Waals surface area (Å²) in [5.74, 6) is -0.534. The standard InChI is InChI=1S/C11H21N3O3.ClH/c1-17-7-9(12)11(16)14-5-3-2-4-8(14)6-10(13)15;/h8-9H,2-7,12H2,1H3,(H2,13,15);1H. The molecule has 2 atom stereocenters. The van der Waals surface area contributed by atoms with Crippen LogP contribution in [0.3, 0.4) is 0 Å². The van der Waals surface area contributed by atoms with Crippen molar-refractivity contribution in [1.82, 2.24) is 4.90 Å². The SMILES string of the molecule is COCC(N)C(=O)N1CCCCC1CC(N)=O.Cl. The zero-order chi connectivity index (χ0) is 12.8. The number of carbonyl (C=O) groups is 2. The van der Waals surface area contributed by atoms with Gasteiger partial charge in [-0.3, -0.25) is 9.59 Å². The fraction of sp³-hybridized carbons (Fsp3) is 0.818. The summed E-state index contributed by atoms with van der Waals surface area (Å²) in [4.78, 5) is 24.7. The molecule has 1 rings (SSSR count). The third-order valence-corrected chi connectivity index (χ3v) is 3.01. The van der Waals surface area contributed by atoms with Crippen LogP contribution in [0.15, 0.2) is 0 Å². The Morgan fingerprint density at radius 2 is 2.11 bits per heavy atom. The van der Waals surface area contributed by atoms with Crippen molar-refractivity contribution in [3.05, 3.63) is 0 Å². The summed E-state index contributed by atoms with van der Waals surface area (Å²) in [7, 11) is 1.50. The van der Waals surface area contributed by atoms with E-state index in [2.05, 4.69) is 0 Å². The molecule has 0 radical (unpaired) electrons. The fourth-order valence-corrected chi connectivity index (χ4v) is 2.20. The van der Waals surface area contributed by atoms with Crippen molar-refractivity contribution in [2.24, 2.45) is 11.5 Å². The van der Waals surface area contributed by atoms with E-state index in [4.69, 9.17) is 16.2 Å². The Morgan fingerprint density at radius 3 is 2.67 bits per heavy atom. The molecule has 2 amide bonds. The maximum Gasteiger partial charge on any atom is 0.242 e. The van der Waals surface area contributed by atoms with Gasteiger partial charge in [-0.1, -0.05) is 0 Å². The number of ether oxygens (including phenoxy) is 1. The molecule has 0 aromatic rings. The highest BCUT2D eigenvalue weighted by Gasteiger charge is 2.30. The molecule has 4 N–H and O–H groups in total. The Morgan fingerprint density at radius 1 is 1.44 bits per heavy atom. The third-order valence-electron chi connectivity index (χ3n) is 3.01. The molecular formula is C11H22ClN3O3. The average Bonchev–Trinajstić information content (AvgIpc) is 2.28. The lowest BCUT2D eigenvalue weighted by Crippen LogP contribution is -2.53. The van der Waals surface area contributed by atoms with Crippen LogP contribution in [0.5, 0.6) is 0 Å². The molecule has 0 saturated carbocycles. The van der Waals surface area contributed by atoms with Crippen LogP contribution in [0.25, 0.3) is 0 Å². The van der Waals surface area contributed by atoms with Gasteiger partial charge in [0.1, 0.15) is 6.04 Å². The molecule has 18 heavy (non-hydrogen) atoms. The summed E-state index contributed by atoms with van der Waals surface area (Å²) in [5, 5.41) is 0. The third kappa shape index (κ3) is 4.80. The minimum absolute atomic E-state index is 0. The normalized spacial score (nSPS) is 21.0. The summed E-state index contributed by atoms with van der Waals surface area (Å²) in [5.41, 5.74) is 10.9. The number of nitrogens with two attached hydrogens (primary N) is 2. The van der Waals surface area contributed by atoms with E-state index in [1.165, 1.54) is 7.11 Å². The second kappa shape index (κ2) is 8.29. The first kappa shape index (κ1) is 17.2. The van der Waals surface area contributed by atoms with Crippen molar-refractivity contribution >= 4 is 24.2 Å². The van der Waals surface area contributed by atoms with Crippen molar-refractivity contribution in [3.8, 4) is 0 Å².